The first-order chi connectivity index (χ1) is 9.06. The number of carbonyl (C=O) groups excluding carboxylic acids is 1. The predicted octanol–water partition coefficient (Wildman–Crippen LogP) is 1.34. The van der Waals surface area contributed by atoms with Gasteiger partial charge in [-0.05, 0) is 44.2 Å². The average molecular weight is 268 g/mol. The molecule has 0 aliphatic carbocycles. The van der Waals surface area contributed by atoms with Gasteiger partial charge >= 0.3 is 0 Å². The van der Waals surface area contributed by atoms with Crippen LogP contribution in [0.2, 0.25) is 0 Å². The molecule has 1 unspecified atom stereocenters. The summed E-state index contributed by atoms with van der Waals surface area (Å²) < 4.78 is 0. The summed E-state index contributed by atoms with van der Waals surface area (Å²) in [5.74, 6) is 1.82. The lowest BCUT2D eigenvalue weighted by molar-refractivity contribution is -0.129. The van der Waals surface area contributed by atoms with Gasteiger partial charge in [0.1, 0.15) is 0 Å². The molecule has 2 rings (SSSR count). The Labute approximate surface area is 116 Å². The van der Waals surface area contributed by atoms with Crippen LogP contribution in [0.3, 0.4) is 0 Å². The lowest BCUT2D eigenvalue weighted by atomic mass is 9.86. The minimum atomic E-state index is -0.391. The molecule has 1 amide bonds. The molecule has 2 aliphatic rings. The quantitative estimate of drug-likeness (QED) is 0.818. The molecule has 2 heterocycles. The summed E-state index contributed by atoms with van der Waals surface area (Å²) in [5, 5.41) is 10.1. The zero-order valence-electron chi connectivity index (χ0n) is 12.3. The van der Waals surface area contributed by atoms with E-state index in [9.17, 15) is 9.90 Å². The fraction of sp³-hybridized carbons (Fsp3) is 0.933. The van der Waals surface area contributed by atoms with E-state index in [0.29, 0.717) is 19.5 Å². The van der Waals surface area contributed by atoms with Gasteiger partial charge < -0.3 is 14.9 Å². The normalized spacial score (nSPS) is 24.4. The second-order valence-corrected chi connectivity index (χ2v) is 6.48. The molecule has 0 radical (unpaired) electrons. The molecule has 4 heteroatoms. The first-order valence-electron chi connectivity index (χ1n) is 7.74. The fourth-order valence-electron chi connectivity index (χ4n) is 3.31. The van der Waals surface area contributed by atoms with Gasteiger partial charge in [0, 0.05) is 26.1 Å². The number of hydrogen-bond acceptors (Lipinski definition) is 3. The highest BCUT2D eigenvalue weighted by Crippen LogP contribution is 2.24. The number of aliphatic hydroxyl groups is 1. The number of piperidine rings is 1. The van der Waals surface area contributed by atoms with Crippen LogP contribution in [0.5, 0.6) is 0 Å². The number of β-amino-alcohol motifs (C(OH)–C–C–N with tert-alkyl or cyclic N) is 1. The topological polar surface area (TPSA) is 43.8 Å². The summed E-state index contributed by atoms with van der Waals surface area (Å²) in [7, 11) is 0. The van der Waals surface area contributed by atoms with Gasteiger partial charge in [0.2, 0.25) is 5.91 Å². The molecule has 0 aromatic rings. The summed E-state index contributed by atoms with van der Waals surface area (Å²) in [4.78, 5) is 15.7. The number of amides is 1. The zero-order chi connectivity index (χ0) is 13.8. The Morgan fingerprint density at radius 3 is 2.42 bits per heavy atom. The van der Waals surface area contributed by atoms with E-state index in [-0.39, 0.29) is 5.91 Å². The highest BCUT2D eigenvalue weighted by Gasteiger charge is 2.26. The van der Waals surface area contributed by atoms with Crippen LogP contribution in [0.4, 0.5) is 0 Å². The van der Waals surface area contributed by atoms with Crippen molar-refractivity contribution in [2.75, 3.05) is 32.7 Å². The molecule has 0 aromatic heterocycles. The first kappa shape index (κ1) is 14.8. The van der Waals surface area contributed by atoms with Crippen LogP contribution in [0, 0.1) is 11.8 Å². The van der Waals surface area contributed by atoms with Crippen LogP contribution in [0.25, 0.3) is 0 Å². The van der Waals surface area contributed by atoms with Gasteiger partial charge in [-0.15, -0.1) is 0 Å². The summed E-state index contributed by atoms with van der Waals surface area (Å²) >= 11 is 0. The second-order valence-electron chi connectivity index (χ2n) is 6.48. The molecule has 2 aliphatic heterocycles. The van der Waals surface area contributed by atoms with Gasteiger partial charge in [-0.25, -0.2) is 0 Å². The van der Waals surface area contributed by atoms with E-state index in [1.54, 1.807) is 0 Å². The van der Waals surface area contributed by atoms with Crippen LogP contribution in [-0.4, -0.2) is 59.6 Å². The van der Waals surface area contributed by atoms with Gasteiger partial charge in [0.05, 0.1) is 6.10 Å². The van der Waals surface area contributed by atoms with Crippen molar-refractivity contribution in [3.05, 3.63) is 0 Å². The van der Waals surface area contributed by atoms with Crippen LogP contribution in [-0.2, 0) is 4.79 Å². The number of aliphatic hydroxyl groups excluding tert-OH is 1. The third kappa shape index (κ3) is 4.18. The third-order valence-corrected chi connectivity index (χ3v) is 4.65. The highest BCUT2D eigenvalue weighted by atomic mass is 16.3. The van der Waals surface area contributed by atoms with Crippen molar-refractivity contribution in [2.24, 2.45) is 11.8 Å². The molecule has 2 saturated heterocycles. The molecule has 19 heavy (non-hydrogen) atoms. The molecule has 0 bridgehead atoms. The minimum Gasteiger partial charge on any atom is -0.390 e. The molecule has 2 fully saturated rings. The van der Waals surface area contributed by atoms with Crippen LogP contribution < -0.4 is 0 Å². The van der Waals surface area contributed by atoms with E-state index in [0.717, 1.165) is 37.9 Å². The lowest BCUT2D eigenvalue weighted by Crippen LogP contribution is -2.44. The van der Waals surface area contributed by atoms with Gasteiger partial charge in [0.15, 0.2) is 0 Å². The van der Waals surface area contributed by atoms with Crippen molar-refractivity contribution in [3.8, 4) is 0 Å². The number of likely N-dealkylation sites (tertiary alicyclic amines) is 2. The Balaban J connectivity index is 1.68. The van der Waals surface area contributed by atoms with Gasteiger partial charge in [-0.3, -0.25) is 4.79 Å². The summed E-state index contributed by atoms with van der Waals surface area (Å²) in [6.45, 7) is 8.84. The molecule has 0 spiro atoms. The Bertz CT molecular complexity index is 299. The van der Waals surface area contributed by atoms with Crippen LogP contribution in [0.1, 0.15) is 39.5 Å². The van der Waals surface area contributed by atoms with Crippen LogP contribution >= 0.6 is 0 Å². The van der Waals surface area contributed by atoms with E-state index < -0.39 is 6.10 Å². The Kier molecular flexibility index (Phi) is 5.22. The van der Waals surface area contributed by atoms with Crippen LogP contribution in [0.15, 0.2) is 0 Å². The minimum absolute atomic E-state index is 0.206. The largest absolute Gasteiger partial charge is 0.390 e. The molecule has 1 N–H and O–H groups in total. The van der Waals surface area contributed by atoms with Gasteiger partial charge in [0.25, 0.3) is 0 Å². The van der Waals surface area contributed by atoms with E-state index in [1.165, 1.54) is 12.8 Å². The second kappa shape index (κ2) is 6.71. The molecule has 0 aromatic carbocycles. The highest BCUT2D eigenvalue weighted by molar-refractivity contribution is 5.78. The van der Waals surface area contributed by atoms with Gasteiger partial charge in [-0.1, -0.05) is 13.8 Å². The van der Waals surface area contributed by atoms with Crippen molar-refractivity contribution in [2.45, 2.75) is 45.6 Å². The fourth-order valence-corrected chi connectivity index (χ4v) is 3.31. The third-order valence-electron chi connectivity index (χ3n) is 4.65. The number of carbonyl (C=O) groups is 1. The maximum Gasteiger partial charge on any atom is 0.222 e. The Hall–Kier alpha value is -0.610. The summed E-state index contributed by atoms with van der Waals surface area (Å²) in [5.41, 5.74) is 0. The zero-order valence-corrected chi connectivity index (χ0v) is 12.3. The lowest BCUT2D eigenvalue weighted by Gasteiger charge is -2.35. The monoisotopic (exact) mass is 268 g/mol. The Morgan fingerprint density at radius 2 is 1.89 bits per heavy atom. The smallest absolute Gasteiger partial charge is 0.222 e. The number of nitrogens with zero attached hydrogens (tertiary/aromatic N) is 2. The summed E-state index contributed by atoms with van der Waals surface area (Å²) in [6, 6.07) is 0. The van der Waals surface area contributed by atoms with Crippen molar-refractivity contribution in [3.63, 3.8) is 0 Å². The molecule has 110 valence electrons. The maximum absolute atomic E-state index is 11.5. The Morgan fingerprint density at radius 1 is 1.21 bits per heavy atom. The molecular weight excluding hydrogens is 240 g/mol. The maximum atomic E-state index is 11.5. The van der Waals surface area contributed by atoms with Crippen molar-refractivity contribution >= 4 is 5.91 Å². The predicted molar refractivity (Wildman–Crippen MR) is 75.8 cm³/mol. The van der Waals surface area contributed by atoms with E-state index >= 15 is 0 Å². The van der Waals surface area contributed by atoms with Gasteiger partial charge in [-0.2, -0.15) is 0 Å². The standard InChI is InChI=1S/C15H28N2O2/c1-12(2)13-5-8-16(9-6-13)10-14(18)11-17-7-3-4-15(17)19/h12-14,18H,3-11H2,1-2H3. The average Bonchev–Trinajstić information content (AvgIpc) is 2.75. The molecule has 1 atom stereocenters. The van der Waals surface area contributed by atoms with E-state index in [2.05, 4.69) is 18.7 Å². The molecule has 4 nitrogen and oxygen atoms in total. The van der Waals surface area contributed by atoms with E-state index in [1.807, 2.05) is 4.90 Å². The number of rotatable bonds is 5. The SMILES string of the molecule is CC(C)C1CCN(CC(O)CN2CCCC2=O)CC1. The first-order valence-corrected chi connectivity index (χ1v) is 7.74. The van der Waals surface area contributed by atoms with Crippen molar-refractivity contribution in [1.29, 1.82) is 0 Å². The molecular formula is C15H28N2O2. The summed E-state index contributed by atoms with van der Waals surface area (Å²) in [6.07, 6.45) is 3.70. The van der Waals surface area contributed by atoms with Crippen molar-refractivity contribution < 1.29 is 9.90 Å². The van der Waals surface area contributed by atoms with E-state index in [4.69, 9.17) is 0 Å². The molecule has 0 saturated carbocycles. The van der Waals surface area contributed by atoms with Crippen molar-refractivity contribution in [1.82, 2.24) is 9.80 Å². The number of hydrogen-bond donors (Lipinski definition) is 1.